The molecule has 0 saturated carbocycles. The van der Waals surface area contributed by atoms with E-state index in [4.69, 9.17) is 23.2 Å². The number of nitrogens with one attached hydrogen (secondary N) is 1. The number of hydrogen-bond acceptors (Lipinski definition) is 2. The van der Waals surface area contributed by atoms with Crippen molar-refractivity contribution < 1.29 is 9.18 Å². The van der Waals surface area contributed by atoms with Crippen LogP contribution in [-0.2, 0) is 0 Å². The fourth-order valence-corrected chi connectivity index (χ4v) is 2.37. The van der Waals surface area contributed by atoms with Crippen LogP contribution in [0.15, 0.2) is 12.1 Å². The number of rotatable bonds is 1. The minimum absolute atomic E-state index is 0.0749. The summed E-state index contributed by atoms with van der Waals surface area (Å²) in [4.78, 5) is 13.9. The van der Waals surface area contributed by atoms with Crippen molar-refractivity contribution in [1.82, 2.24) is 10.2 Å². The Morgan fingerprint density at radius 3 is 2.78 bits per heavy atom. The first-order valence-corrected chi connectivity index (χ1v) is 6.49. The molecule has 1 heterocycles. The third-order valence-electron chi connectivity index (χ3n) is 2.87. The lowest BCUT2D eigenvalue weighted by Gasteiger charge is -2.20. The van der Waals surface area contributed by atoms with Gasteiger partial charge in [-0.25, -0.2) is 4.39 Å². The summed E-state index contributed by atoms with van der Waals surface area (Å²) in [7, 11) is 0. The van der Waals surface area contributed by atoms with Crippen LogP contribution in [0, 0.1) is 5.82 Å². The normalized spacial score (nSPS) is 16.5. The van der Waals surface area contributed by atoms with Gasteiger partial charge in [0.05, 0.1) is 15.6 Å². The Bertz CT molecular complexity index is 460. The molecule has 2 rings (SSSR count). The molecule has 0 unspecified atom stereocenters. The molecule has 0 aromatic heterocycles. The Labute approximate surface area is 115 Å². The van der Waals surface area contributed by atoms with Crippen molar-refractivity contribution in [2.75, 3.05) is 26.2 Å². The van der Waals surface area contributed by atoms with Gasteiger partial charge in [0.1, 0.15) is 5.82 Å². The highest BCUT2D eigenvalue weighted by atomic mass is 35.5. The largest absolute Gasteiger partial charge is 0.337 e. The molecule has 3 nitrogen and oxygen atoms in total. The molecule has 0 spiro atoms. The molecular formula is C12H13Cl2FN2O. The van der Waals surface area contributed by atoms with E-state index < -0.39 is 5.82 Å². The highest BCUT2D eigenvalue weighted by Crippen LogP contribution is 2.25. The van der Waals surface area contributed by atoms with Crippen LogP contribution in [0.3, 0.4) is 0 Å². The van der Waals surface area contributed by atoms with Gasteiger partial charge in [0, 0.05) is 19.6 Å². The van der Waals surface area contributed by atoms with Crippen molar-refractivity contribution in [1.29, 1.82) is 0 Å². The molecule has 0 radical (unpaired) electrons. The average Bonchev–Trinajstić information content (AvgIpc) is 2.61. The maximum atomic E-state index is 13.4. The molecule has 98 valence electrons. The second kappa shape index (κ2) is 5.87. The average molecular weight is 291 g/mol. The number of nitrogens with zero attached hydrogens (tertiary/aromatic N) is 1. The maximum absolute atomic E-state index is 13.4. The van der Waals surface area contributed by atoms with Gasteiger partial charge in [0.15, 0.2) is 0 Å². The van der Waals surface area contributed by atoms with Gasteiger partial charge in [0.2, 0.25) is 0 Å². The first-order chi connectivity index (χ1) is 8.59. The second-order valence-electron chi connectivity index (χ2n) is 4.14. The summed E-state index contributed by atoms with van der Waals surface area (Å²) >= 11 is 11.6. The van der Waals surface area contributed by atoms with Crippen molar-refractivity contribution in [3.63, 3.8) is 0 Å². The zero-order chi connectivity index (χ0) is 13.1. The molecule has 6 heteroatoms. The van der Waals surface area contributed by atoms with Crippen LogP contribution in [0.5, 0.6) is 0 Å². The molecule has 0 atom stereocenters. The van der Waals surface area contributed by atoms with Crippen molar-refractivity contribution in [3.8, 4) is 0 Å². The minimum atomic E-state index is -0.627. The summed E-state index contributed by atoms with van der Waals surface area (Å²) in [6.07, 6.45) is 0.874. The van der Waals surface area contributed by atoms with E-state index in [0.717, 1.165) is 25.6 Å². The predicted molar refractivity (Wildman–Crippen MR) is 69.8 cm³/mol. The van der Waals surface area contributed by atoms with Crippen LogP contribution in [0.2, 0.25) is 10.0 Å². The Morgan fingerprint density at radius 1 is 1.22 bits per heavy atom. The van der Waals surface area contributed by atoms with Gasteiger partial charge >= 0.3 is 0 Å². The van der Waals surface area contributed by atoms with Gasteiger partial charge in [-0.05, 0) is 25.1 Å². The molecule has 1 N–H and O–H groups in total. The van der Waals surface area contributed by atoms with E-state index in [-0.39, 0.29) is 21.5 Å². The first kappa shape index (κ1) is 13.6. The molecule has 1 saturated heterocycles. The van der Waals surface area contributed by atoms with Crippen LogP contribution in [0.1, 0.15) is 16.8 Å². The van der Waals surface area contributed by atoms with Crippen molar-refractivity contribution in [2.45, 2.75) is 6.42 Å². The zero-order valence-electron chi connectivity index (χ0n) is 9.68. The Balaban J connectivity index is 2.24. The van der Waals surface area contributed by atoms with Crippen LogP contribution < -0.4 is 5.32 Å². The van der Waals surface area contributed by atoms with Crippen LogP contribution in [-0.4, -0.2) is 37.0 Å². The van der Waals surface area contributed by atoms with Gasteiger partial charge < -0.3 is 10.2 Å². The Kier molecular flexibility index (Phi) is 4.43. The van der Waals surface area contributed by atoms with E-state index in [2.05, 4.69) is 5.32 Å². The smallest absolute Gasteiger partial charge is 0.255 e. The predicted octanol–water partition coefficient (Wildman–Crippen LogP) is 2.57. The maximum Gasteiger partial charge on any atom is 0.255 e. The van der Waals surface area contributed by atoms with E-state index in [9.17, 15) is 9.18 Å². The molecule has 1 aromatic rings. The van der Waals surface area contributed by atoms with E-state index in [0.29, 0.717) is 13.1 Å². The number of amides is 1. The second-order valence-corrected chi connectivity index (χ2v) is 4.96. The Morgan fingerprint density at radius 2 is 2.00 bits per heavy atom. The molecule has 0 aliphatic carbocycles. The molecule has 0 bridgehead atoms. The summed E-state index contributed by atoms with van der Waals surface area (Å²) < 4.78 is 13.4. The topological polar surface area (TPSA) is 32.3 Å². The molecule has 1 aliphatic rings. The zero-order valence-corrected chi connectivity index (χ0v) is 11.2. The molecule has 1 aromatic carbocycles. The SMILES string of the molecule is O=C(c1cc(F)c(Cl)cc1Cl)N1CCCNCC1. The summed E-state index contributed by atoms with van der Waals surface area (Å²) in [5.41, 5.74) is 0.167. The number of halogens is 3. The summed E-state index contributed by atoms with van der Waals surface area (Å²) in [6.45, 7) is 2.86. The monoisotopic (exact) mass is 290 g/mol. The van der Waals surface area contributed by atoms with E-state index in [1.54, 1.807) is 4.90 Å². The lowest BCUT2D eigenvalue weighted by Crippen LogP contribution is -2.34. The van der Waals surface area contributed by atoms with Gasteiger partial charge in [-0.15, -0.1) is 0 Å². The van der Waals surface area contributed by atoms with Gasteiger partial charge in [-0.1, -0.05) is 23.2 Å². The fourth-order valence-electron chi connectivity index (χ4n) is 1.91. The van der Waals surface area contributed by atoms with Crippen molar-refractivity contribution >= 4 is 29.1 Å². The molecule has 1 fully saturated rings. The Hall–Kier alpha value is -0.840. The quantitative estimate of drug-likeness (QED) is 0.807. The van der Waals surface area contributed by atoms with Crippen molar-refractivity contribution in [3.05, 3.63) is 33.6 Å². The fraction of sp³-hybridized carbons (Fsp3) is 0.417. The third-order valence-corrected chi connectivity index (χ3v) is 3.47. The number of hydrogen-bond donors (Lipinski definition) is 1. The number of carbonyl (C=O) groups is 1. The molecule has 18 heavy (non-hydrogen) atoms. The van der Waals surface area contributed by atoms with E-state index in [1.165, 1.54) is 6.07 Å². The van der Waals surface area contributed by atoms with Crippen LogP contribution in [0.4, 0.5) is 4.39 Å². The van der Waals surface area contributed by atoms with Gasteiger partial charge in [0.25, 0.3) is 5.91 Å². The first-order valence-electron chi connectivity index (χ1n) is 5.74. The number of carbonyl (C=O) groups excluding carboxylic acids is 1. The summed E-state index contributed by atoms with van der Waals surface area (Å²) in [5.74, 6) is -0.878. The standard InChI is InChI=1S/C12H13Cl2FN2O/c13-9-7-10(14)11(15)6-8(9)12(18)17-4-1-2-16-3-5-17/h6-7,16H,1-5H2. The van der Waals surface area contributed by atoms with Crippen LogP contribution >= 0.6 is 23.2 Å². The summed E-state index contributed by atoms with van der Waals surface area (Å²) in [5, 5.41) is 3.31. The van der Waals surface area contributed by atoms with Crippen LogP contribution in [0.25, 0.3) is 0 Å². The molecule has 1 amide bonds. The summed E-state index contributed by atoms with van der Waals surface area (Å²) in [6, 6.07) is 2.37. The van der Waals surface area contributed by atoms with Gasteiger partial charge in [-0.2, -0.15) is 0 Å². The minimum Gasteiger partial charge on any atom is -0.337 e. The van der Waals surface area contributed by atoms with E-state index in [1.807, 2.05) is 0 Å². The molecular weight excluding hydrogens is 278 g/mol. The lowest BCUT2D eigenvalue weighted by molar-refractivity contribution is 0.0766. The number of benzene rings is 1. The van der Waals surface area contributed by atoms with Gasteiger partial charge in [-0.3, -0.25) is 4.79 Å². The highest BCUT2D eigenvalue weighted by Gasteiger charge is 2.21. The lowest BCUT2D eigenvalue weighted by atomic mass is 10.2. The van der Waals surface area contributed by atoms with E-state index >= 15 is 0 Å². The van der Waals surface area contributed by atoms with Crippen molar-refractivity contribution in [2.24, 2.45) is 0 Å². The third kappa shape index (κ3) is 2.94. The molecule has 1 aliphatic heterocycles. The highest BCUT2D eigenvalue weighted by molar-refractivity contribution is 6.36.